The number of allylic oxidation sites excluding steroid dienone is 4. The Kier molecular flexibility index (Phi) is 5.04. The van der Waals surface area contributed by atoms with Crippen LogP contribution in [0.2, 0.25) is 0 Å². The van der Waals surface area contributed by atoms with E-state index in [1.165, 1.54) is 29.3 Å². The Hall–Kier alpha value is -2.10. The third-order valence-corrected chi connectivity index (χ3v) is 10.4. The number of carbonyl (C=O) groups excluding carboxylic acids is 2. The number of carbonyl (C=O) groups is 2. The number of hydroxylamine groups is 1. The van der Waals surface area contributed by atoms with E-state index in [9.17, 15) is 19.1 Å². The number of hydrogen-bond acceptors (Lipinski definition) is 5. The molecule has 1 aliphatic heterocycles. The normalized spacial score (nSPS) is 47.1. The SMILES string of the molecule is CC12C[C@H](O)[C@@]3(F)[C@@H](C[C@H](F)C4=CC(=O)C=C[C@@]43C)[C@@H]1C[C@H]1CN(c3cccc(F)c3)O[C@]12C(=O)S. The smallest absolute Gasteiger partial charge is 0.221 e. The van der Waals surface area contributed by atoms with Crippen molar-refractivity contribution in [3.63, 3.8) is 0 Å². The Morgan fingerprint density at radius 3 is 2.69 bits per heavy atom. The number of benzene rings is 1. The topological polar surface area (TPSA) is 66.8 Å². The van der Waals surface area contributed by atoms with E-state index in [-0.39, 0.29) is 25.0 Å². The average molecular weight is 520 g/mol. The molecule has 1 aromatic carbocycles. The van der Waals surface area contributed by atoms with E-state index in [0.717, 1.165) is 6.08 Å². The fourth-order valence-electron chi connectivity index (χ4n) is 8.39. The summed E-state index contributed by atoms with van der Waals surface area (Å²) in [5.41, 5.74) is -5.77. The van der Waals surface area contributed by atoms with E-state index in [1.54, 1.807) is 26.0 Å². The van der Waals surface area contributed by atoms with Crippen molar-refractivity contribution in [3.05, 3.63) is 53.9 Å². The predicted octanol–water partition coefficient (Wildman–Crippen LogP) is 4.32. The Balaban J connectivity index is 1.44. The van der Waals surface area contributed by atoms with Crippen molar-refractivity contribution in [2.75, 3.05) is 11.6 Å². The molecule has 192 valence electrons. The van der Waals surface area contributed by atoms with Gasteiger partial charge in [-0.05, 0) is 68.0 Å². The van der Waals surface area contributed by atoms with E-state index in [1.807, 2.05) is 0 Å². The molecule has 4 fully saturated rings. The molecule has 0 amide bonds. The Labute approximate surface area is 212 Å². The van der Waals surface area contributed by atoms with Gasteiger partial charge in [0, 0.05) is 22.7 Å². The maximum Gasteiger partial charge on any atom is 0.221 e. The lowest BCUT2D eigenvalue weighted by Crippen LogP contribution is -2.70. The zero-order valence-corrected chi connectivity index (χ0v) is 20.9. The van der Waals surface area contributed by atoms with Crippen LogP contribution >= 0.6 is 12.6 Å². The number of aliphatic hydroxyl groups is 1. The largest absolute Gasteiger partial charge is 0.390 e. The molecule has 1 unspecified atom stereocenters. The van der Waals surface area contributed by atoms with Crippen molar-refractivity contribution in [3.8, 4) is 0 Å². The molecule has 3 saturated carbocycles. The van der Waals surface area contributed by atoms with E-state index >= 15 is 8.78 Å². The first kappa shape index (κ1) is 24.2. The Morgan fingerprint density at radius 1 is 1.25 bits per heavy atom. The number of fused-ring (bicyclic) bond motifs is 7. The third kappa shape index (κ3) is 2.72. The van der Waals surface area contributed by atoms with Crippen LogP contribution in [0.1, 0.15) is 33.1 Å². The van der Waals surface area contributed by atoms with Gasteiger partial charge in [-0.25, -0.2) is 13.2 Å². The summed E-state index contributed by atoms with van der Waals surface area (Å²) in [6, 6.07) is 5.83. The van der Waals surface area contributed by atoms with Crippen LogP contribution in [0.15, 0.2) is 48.1 Å². The van der Waals surface area contributed by atoms with E-state index in [2.05, 4.69) is 12.6 Å². The second-order valence-electron chi connectivity index (χ2n) is 11.5. The fraction of sp³-hybridized carbons (Fsp3) is 0.556. The number of anilines is 1. The first-order chi connectivity index (χ1) is 16.9. The summed E-state index contributed by atoms with van der Waals surface area (Å²) in [4.78, 5) is 31.5. The highest BCUT2D eigenvalue weighted by Crippen LogP contribution is 2.73. The molecule has 1 heterocycles. The number of aliphatic hydroxyl groups excluding tert-OH is 1. The molecule has 0 bridgehead atoms. The van der Waals surface area contributed by atoms with Crippen molar-refractivity contribution >= 4 is 29.2 Å². The zero-order chi connectivity index (χ0) is 25.8. The van der Waals surface area contributed by atoms with Crippen LogP contribution < -0.4 is 5.06 Å². The fourth-order valence-corrected chi connectivity index (χ4v) is 8.87. The summed E-state index contributed by atoms with van der Waals surface area (Å²) >= 11 is 4.22. The second kappa shape index (κ2) is 7.48. The molecule has 9 heteroatoms. The standard InChI is InChI=1S/C27H28F3NO4S/c1-24-7-6-17(32)10-20(24)21(29)11-19-18-8-14-13-31(16-5-3-4-15(28)9-16)35-27(14,23(34)36)25(18,2)12-22(33)26(19,24)30/h3-7,9-10,14,18-19,21-22,33H,8,11-13H2,1-2H3,(H,34,36)/t14-,18-,19-,21-,22-,24-,25?,26-,27-/m0/s1. The number of nitrogens with zero attached hydrogens (tertiary/aromatic N) is 1. The maximum atomic E-state index is 17.3. The van der Waals surface area contributed by atoms with E-state index in [4.69, 9.17) is 4.84 Å². The number of halogens is 3. The van der Waals surface area contributed by atoms with Gasteiger partial charge < -0.3 is 5.11 Å². The third-order valence-electron chi connectivity index (χ3n) is 10.0. The van der Waals surface area contributed by atoms with Crippen LogP contribution in [0.3, 0.4) is 0 Å². The number of hydrogen-bond donors (Lipinski definition) is 2. The molecular weight excluding hydrogens is 491 g/mol. The molecule has 0 radical (unpaired) electrons. The van der Waals surface area contributed by atoms with Crippen molar-refractivity contribution in [1.82, 2.24) is 0 Å². The lowest BCUT2D eigenvalue weighted by molar-refractivity contribution is -0.225. The monoisotopic (exact) mass is 519 g/mol. The van der Waals surface area contributed by atoms with Gasteiger partial charge in [-0.1, -0.05) is 19.1 Å². The minimum atomic E-state index is -2.23. The summed E-state index contributed by atoms with van der Waals surface area (Å²) in [5.74, 6) is -2.66. The maximum absolute atomic E-state index is 17.3. The van der Waals surface area contributed by atoms with Crippen molar-refractivity contribution in [2.24, 2.45) is 28.6 Å². The Bertz CT molecular complexity index is 1240. The van der Waals surface area contributed by atoms with Crippen LogP contribution in [-0.2, 0) is 14.4 Å². The lowest BCUT2D eigenvalue weighted by atomic mass is 9.44. The van der Waals surface area contributed by atoms with E-state index < -0.39 is 68.8 Å². The predicted molar refractivity (Wildman–Crippen MR) is 129 cm³/mol. The molecule has 5 nitrogen and oxygen atoms in total. The first-order valence-corrected chi connectivity index (χ1v) is 12.7. The van der Waals surface area contributed by atoms with Crippen LogP contribution in [0.25, 0.3) is 0 Å². The molecule has 6 rings (SSSR count). The van der Waals surface area contributed by atoms with Crippen LogP contribution in [0.5, 0.6) is 0 Å². The molecule has 36 heavy (non-hydrogen) atoms. The minimum Gasteiger partial charge on any atom is -0.390 e. The Morgan fingerprint density at radius 2 is 2.00 bits per heavy atom. The molecule has 1 saturated heterocycles. The van der Waals surface area contributed by atoms with Crippen molar-refractivity contribution in [1.29, 1.82) is 0 Å². The highest BCUT2D eigenvalue weighted by atomic mass is 32.1. The highest BCUT2D eigenvalue weighted by molar-refractivity contribution is 7.96. The number of rotatable bonds is 2. The van der Waals surface area contributed by atoms with Gasteiger partial charge in [0.2, 0.25) is 5.12 Å². The summed E-state index contributed by atoms with van der Waals surface area (Å²) in [7, 11) is 0. The molecule has 4 aliphatic carbocycles. The van der Waals surface area contributed by atoms with Gasteiger partial charge in [-0.3, -0.25) is 19.5 Å². The van der Waals surface area contributed by atoms with E-state index in [0.29, 0.717) is 12.1 Å². The summed E-state index contributed by atoms with van der Waals surface area (Å²) in [5, 5.41) is 12.4. The van der Waals surface area contributed by atoms with Gasteiger partial charge in [-0.2, -0.15) is 0 Å². The molecule has 1 N–H and O–H groups in total. The van der Waals surface area contributed by atoms with Crippen molar-refractivity contribution in [2.45, 2.75) is 56.7 Å². The van der Waals surface area contributed by atoms with Gasteiger partial charge in [0.25, 0.3) is 0 Å². The van der Waals surface area contributed by atoms with Crippen molar-refractivity contribution < 1.29 is 32.7 Å². The second-order valence-corrected chi connectivity index (χ2v) is 11.9. The summed E-state index contributed by atoms with van der Waals surface area (Å²) in [6.07, 6.45) is 0.750. The zero-order valence-electron chi connectivity index (χ0n) is 20.0. The van der Waals surface area contributed by atoms with Crippen LogP contribution in [0.4, 0.5) is 18.9 Å². The van der Waals surface area contributed by atoms with Gasteiger partial charge >= 0.3 is 0 Å². The summed E-state index contributed by atoms with van der Waals surface area (Å²) in [6.45, 7) is 3.59. The van der Waals surface area contributed by atoms with Gasteiger partial charge in [-0.15, -0.1) is 12.6 Å². The summed E-state index contributed by atoms with van der Waals surface area (Å²) < 4.78 is 46.8. The molecular formula is C27H28F3NO4S. The first-order valence-electron chi connectivity index (χ1n) is 12.3. The number of ketones is 1. The lowest BCUT2D eigenvalue weighted by Gasteiger charge is -2.63. The number of thiol groups is 1. The number of alkyl halides is 2. The van der Waals surface area contributed by atoms with Gasteiger partial charge in [0.05, 0.1) is 18.3 Å². The molecule has 0 spiro atoms. The van der Waals surface area contributed by atoms with Crippen LogP contribution in [0, 0.1) is 34.4 Å². The van der Waals surface area contributed by atoms with Gasteiger partial charge in [0.1, 0.15) is 12.0 Å². The average Bonchev–Trinajstić information content (AvgIpc) is 3.31. The molecule has 1 aromatic rings. The molecule has 9 atom stereocenters. The highest BCUT2D eigenvalue weighted by Gasteiger charge is 2.79. The minimum absolute atomic E-state index is 0.0584. The van der Waals surface area contributed by atoms with Crippen LogP contribution in [-0.4, -0.2) is 46.1 Å². The molecule has 5 aliphatic rings. The molecule has 0 aromatic heterocycles. The van der Waals surface area contributed by atoms with Gasteiger partial charge in [0.15, 0.2) is 17.1 Å². The quantitative estimate of drug-likeness (QED) is 0.570.